The molecule has 0 bridgehead atoms. The summed E-state index contributed by atoms with van der Waals surface area (Å²) >= 11 is 0. The second-order valence-corrected chi connectivity index (χ2v) is 6.26. The molecule has 1 amide bonds. The van der Waals surface area contributed by atoms with Gasteiger partial charge in [0.2, 0.25) is 0 Å². The monoisotopic (exact) mass is 336 g/mol. The van der Waals surface area contributed by atoms with Gasteiger partial charge in [0.25, 0.3) is 5.91 Å². The van der Waals surface area contributed by atoms with Crippen molar-refractivity contribution in [2.45, 2.75) is 18.8 Å². The highest BCUT2D eigenvalue weighted by Crippen LogP contribution is 2.28. The molecule has 25 heavy (non-hydrogen) atoms. The molecular weight excluding hydrogens is 316 g/mol. The summed E-state index contributed by atoms with van der Waals surface area (Å²) in [5, 5.41) is 7.47. The van der Waals surface area contributed by atoms with Gasteiger partial charge in [-0.15, -0.1) is 0 Å². The molecule has 0 aromatic carbocycles. The molecule has 0 saturated carbocycles. The molecule has 3 aromatic heterocycles. The Balaban J connectivity index is 1.60. The molecule has 1 fully saturated rings. The number of nitrogens with zero attached hydrogens (tertiary/aromatic N) is 5. The summed E-state index contributed by atoms with van der Waals surface area (Å²) in [5.41, 5.74) is 2.55. The van der Waals surface area contributed by atoms with Crippen LogP contribution in [0.2, 0.25) is 0 Å². The van der Waals surface area contributed by atoms with Gasteiger partial charge in [-0.2, -0.15) is 5.10 Å². The lowest BCUT2D eigenvalue weighted by atomic mass is 9.94. The molecule has 1 atom stereocenters. The van der Waals surface area contributed by atoms with Crippen molar-refractivity contribution in [3.05, 3.63) is 54.2 Å². The number of hydrogen-bond acceptors (Lipinski definition) is 5. The standard InChI is InChI=1S/C18H20N6O/c1-19-17-16-6-8-21-24(16)12-15(22-17)14-5-3-9-23(11-14)18(25)13-4-2-7-20-10-13/h2,4,6-8,10,12,14H,3,5,9,11H2,1H3,(H,19,22). The molecule has 1 saturated heterocycles. The van der Waals surface area contributed by atoms with E-state index in [0.717, 1.165) is 36.4 Å². The fourth-order valence-corrected chi connectivity index (χ4v) is 3.40. The molecule has 3 aromatic rings. The summed E-state index contributed by atoms with van der Waals surface area (Å²) in [6.07, 6.45) is 9.02. The van der Waals surface area contributed by atoms with Crippen LogP contribution in [0.1, 0.15) is 34.8 Å². The Kier molecular flexibility index (Phi) is 4.05. The summed E-state index contributed by atoms with van der Waals surface area (Å²) in [4.78, 5) is 23.4. The van der Waals surface area contributed by atoms with E-state index in [1.807, 2.05) is 34.8 Å². The zero-order valence-corrected chi connectivity index (χ0v) is 14.1. The third-order valence-corrected chi connectivity index (χ3v) is 4.68. The van der Waals surface area contributed by atoms with Gasteiger partial charge in [0.05, 0.1) is 23.7 Å². The number of rotatable bonds is 3. The van der Waals surface area contributed by atoms with E-state index in [4.69, 9.17) is 4.98 Å². The van der Waals surface area contributed by atoms with E-state index in [1.165, 1.54) is 0 Å². The SMILES string of the molecule is CNc1nc(C2CCCN(C(=O)c3cccnc3)C2)cn2nccc12. The van der Waals surface area contributed by atoms with Crippen molar-refractivity contribution in [3.8, 4) is 0 Å². The second kappa shape index (κ2) is 6.51. The number of pyridine rings is 1. The smallest absolute Gasteiger partial charge is 0.255 e. The van der Waals surface area contributed by atoms with E-state index in [1.54, 1.807) is 24.7 Å². The fourth-order valence-electron chi connectivity index (χ4n) is 3.40. The van der Waals surface area contributed by atoms with Gasteiger partial charge in [0.1, 0.15) is 5.52 Å². The number of likely N-dealkylation sites (tertiary alicyclic amines) is 1. The van der Waals surface area contributed by atoms with Crippen LogP contribution in [0.25, 0.3) is 5.52 Å². The van der Waals surface area contributed by atoms with Gasteiger partial charge in [0, 0.05) is 38.4 Å². The molecule has 4 rings (SSSR count). The maximum Gasteiger partial charge on any atom is 0.255 e. The molecule has 0 aliphatic carbocycles. The molecule has 4 heterocycles. The first-order chi connectivity index (χ1) is 12.3. The van der Waals surface area contributed by atoms with Crippen LogP contribution in [0.15, 0.2) is 43.0 Å². The Morgan fingerprint density at radius 3 is 3.04 bits per heavy atom. The molecular formula is C18H20N6O. The van der Waals surface area contributed by atoms with E-state index >= 15 is 0 Å². The molecule has 1 unspecified atom stereocenters. The molecule has 128 valence electrons. The lowest BCUT2D eigenvalue weighted by Gasteiger charge is -2.32. The van der Waals surface area contributed by atoms with Crippen molar-refractivity contribution in [2.24, 2.45) is 0 Å². The van der Waals surface area contributed by atoms with Gasteiger partial charge in [-0.3, -0.25) is 9.78 Å². The van der Waals surface area contributed by atoms with E-state index in [2.05, 4.69) is 15.4 Å². The molecule has 7 heteroatoms. The van der Waals surface area contributed by atoms with Crippen molar-refractivity contribution in [2.75, 3.05) is 25.5 Å². The van der Waals surface area contributed by atoms with Gasteiger partial charge < -0.3 is 10.2 Å². The predicted molar refractivity (Wildman–Crippen MR) is 94.6 cm³/mol. The van der Waals surface area contributed by atoms with Crippen molar-refractivity contribution in [1.29, 1.82) is 0 Å². The minimum atomic E-state index is 0.0341. The van der Waals surface area contributed by atoms with Crippen molar-refractivity contribution >= 4 is 17.2 Å². The number of fused-ring (bicyclic) bond motifs is 1. The molecule has 1 aliphatic rings. The van der Waals surface area contributed by atoms with Gasteiger partial charge in [0.15, 0.2) is 5.82 Å². The molecule has 1 N–H and O–H groups in total. The minimum Gasteiger partial charge on any atom is -0.371 e. The van der Waals surface area contributed by atoms with Crippen LogP contribution >= 0.6 is 0 Å². The van der Waals surface area contributed by atoms with Gasteiger partial charge >= 0.3 is 0 Å². The van der Waals surface area contributed by atoms with Crippen molar-refractivity contribution in [1.82, 2.24) is 24.5 Å². The van der Waals surface area contributed by atoms with Crippen LogP contribution in [-0.2, 0) is 0 Å². The predicted octanol–water partition coefficient (Wildman–Crippen LogP) is 2.19. The van der Waals surface area contributed by atoms with E-state index in [-0.39, 0.29) is 11.8 Å². The normalized spacial score (nSPS) is 17.6. The van der Waals surface area contributed by atoms with Crippen LogP contribution in [0.3, 0.4) is 0 Å². The number of anilines is 1. The van der Waals surface area contributed by atoms with Crippen LogP contribution in [-0.4, -0.2) is 50.5 Å². The highest BCUT2D eigenvalue weighted by molar-refractivity contribution is 5.94. The third kappa shape index (κ3) is 2.93. The third-order valence-electron chi connectivity index (χ3n) is 4.68. The Labute approximate surface area is 145 Å². The Morgan fingerprint density at radius 1 is 1.32 bits per heavy atom. The van der Waals surface area contributed by atoms with Crippen molar-refractivity contribution in [3.63, 3.8) is 0 Å². The molecule has 0 spiro atoms. The molecule has 7 nitrogen and oxygen atoms in total. The number of aromatic nitrogens is 4. The second-order valence-electron chi connectivity index (χ2n) is 6.26. The zero-order chi connectivity index (χ0) is 17.2. The highest BCUT2D eigenvalue weighted by Gasteiger charge is 2.27. The molecule has 1 aliphatic heterocycles. The van der Waals surface area contributed by atoms with E-state index < -0.39 is 0 Å². The average Bonchev–Trinajstić information content (AvgIpc) is 3.16. The number of carbonyl (C=O) groups excluding carboxylic acids is 1. The quantitative estimate of drug-likeness (QED) is 0.793. The van der Waals surface area contributed by atoms with Gasteiger partial charge in [-0.05, 0) is 31.0 Å². The summed E-state index contributed by atoms with van der Waals surface area (Å²) in [6, 6.07) is 5.54. The maximum absolute atomic E-state index is 12.7. The number of carbonyl (C=O) groups is 1. The number of nitrogens with one attached hydrogen (secondary N) is 1. The Bertz CT molecular complexity index is 891. The Hall–Kier alpha value is -2.96. The summed E-state index contributed by atoms with van der Waals surface area (Å²) in [7, 11) is 1.86. The first kappa shape index (κ1) is 15.6. The topological polar surface area (TPSA) is 75.4 Å². The number of hydrogen-bond donors (Lipinski definition) is 1. The Morgan fingerprint density at radius 2 is 2.24 bits per heavy atom. The number of amides is 1. The van der Waals surface area contributed by atoms with Crippen LogP contribution in [0.5, 0.6) is 0 Å². The van der Waals surface area contributed by atoms with Crippen molar-refractivity contribution < 1.29 is 4.79 Å². The lowest BCUT2D eigenvalue weighted by molar-refractivity contribution is 0.0705. The van der Waals surface area contributed by atoms with Gasteiger partial charge in [-0.25, -0.2) is 9.50 Å². The van der Waals surface area contributed by atoms with E-state index in [0.29, 0.717) is 12.1 Å². The van der Waals surface area contributed by atoms with E-state index in [9.17, 15) is 4.79 Å². The summed E-state index contributed by atoms with van der Waals surface area (Å²) in [5.74, 6) is 1.05. The fraction of sp³-hybridized carbons (Fsp3) is 0.333. The van der Waals surface area contributed by atoms with Gasteiger partial charge in [-0.1, -0.05) is 0 Å². The summed E-state index contributed by atoms with van der Waals surface area (Å²) < 4.78 is 1.84. The average molecular weight is 336 g/mol. The largest absolute Gasteiger partial charge is 0.371 e. The molecule has 0 radical (unpaired) electrons. The van der Waals surface area contributed by atoms with Crippen LogP contribution in [0.4, 0.5) is 5.82 Å². The first-order valence-corrected chi connectivity index (χ1v) is 8.47. The highest BCUT2D eigenvalue weighted by atomic mass is 16.2. The van der Waals surface area contributed by atoms with Crippen LogP contribution in [0, 0.1) is 0 Å². The lowest BCUT2D eigenvalue weighted by Crippen LogP contribution is -2.39. The maximum atomic E-state index is 12.7. The first-order valence-electron chi connectivity index (χ1n) is 8.47. The number of piperidine rings is 1. The van der Waals surface area contributed by atoms with Crippen LogP contribution < -0.4 is 5.32 Å². The summed E-state index contributed by atoms with van der Waals surface area (Å²) in [6.45, 7) is 1.43. The minimum absolute atomic E-state index is 0.0341. The zero-order valence-electron chi connectivity index (χ0n) is 14.1.